The summed E-state index contributed by atoms with van der Waals surface area (Å²) in [4.78, 5) is 30.9. The van der Waals surface area contributed by atoms with Crippen LogP contribution in [0.1, 0.15) is 44.6 Å². The topological polar surface area (TPSA) is 97.6 Å². The molecule has 1 aromatic heterocycles. The van der Waals surface area contributed by atoms with E-state index in [4.69, 9.17) is 9.26 Å². The molecule has 3 rings (SSSR count). The van der Waals surface area contributed by atoms with Gasteiger partial charge in [0.05, 0.1) is 13.7 Å². The van der Waals surface area contributed by atoms with Crippen LogP contribution in [0.15, 0.2) is 53.1 Å². The fourth-order valence-corrected chi connectivity index (χ4v) is 3.29. The molecule has 0 aliphatic carbocycles. The van der Waals surface area contributed by atoms with E-state index in [1.807, 2.05) is 19.1 Å². The maximum Gasteiger partial charge on any atom is 0.243 e. The molecule has 0 bridgehead atoms. The fraction of sp³-hybridized carbons (Fsp3) is 0.360. The zero-order valence-electron chi connectivity index (χ0n) is 19.5. The predicted molar refractivity (Wildman–Crippen MR) is 126 cm³/mol. The first-order chi connectivity index (χ1) is 15.9. The van der Waals surface area contributed by atoms with Gasteiger partial charge in [-0.1, -0.05) is 43.3 Å². The Labute approximate surface area is 193 Å². The summed E-state index contributed by atoms with van der Waals surface area (Å²) in [5.41, 5.74) is 2.75. The van der Waals surface area contributed by atoms with E-state index in [1.165, 1.54) is 10.5 Å². The average molecular weight is 451 g/mol. The molecule has 2 aromatic carbocycles. The second kappa shape index (κ2) is 11.3. The van der Waals surface area contributed by atoms with Crippen LogP contribution in [-0.2, 0) is 16.0 Å². The van der Waals surface area contributed by atoms with Gasteiger partial charge in [-0.3, -0.25) is 9.59 Å². The lowest BCUT2D eigenvalue weighted by atomic mass is 10.0. The van der Waals surface area contributed by atoms with Gasteiger partial charge in [-0.15, -0.1) is 0 Å². The highest BCUT2D eigenvalue weighted by atomic mass is 16.5. The van der Waals surface area contributed by atoms with Crippen molar-refractivity contribution in [2.75, 3.05) is 25.5 Å². The number of hydrogen-bond donors (Lipinski definition) is 1. The quantitative estimate of drug-likeness (QED) is 0.495. The molecule has 0 spiro atoms. The molecule has 8 heteroatoms. The molecule has 1 N–H and O–H groups in total. The van der Waals surface area contributed by atoms with Gasteiger partial charge in [-0.05, 0) is 42.7 Å². The van der Waals surface area contributed by atoms with E-state index in [0.717, 1.165) is 5.56 Å². The lowest BCUT2D eigenvalue weighted by Gasteiger charge is -2.20. The van der Waals surface area contributed by atoms with E-state index in [0.29, 0.717) is 42.0 Å². The van der Waals surface area contributed by atoms with E-state index in [9.17, 15) is 9.59 Å². The first kappa shape index (κ1) is 24.0. The summed E-state index contributed by atoms with van der Waals surface area (Å²) >= 11 is 0. The van der Waals surface area contributed by atoms with Crippen LogP contribution in [0, 0.1) is 0 Å². The van der Waals surface area contributed by atoms with E-state index < -0.39 is 0 Å². The third-order valence-corrected chi connectivity index (χ3v) is 5.30. The van der Waals surface area contributed by atoms with Crippen LogP contribution in [0.25, 0.3) is 11.4 Å². The number of aryl methyl sites for hydroxylation is 1. The predicted octanol–water partition coefficient (Wildman–Crippen LogP) is 4.29. The van der Waals surface area contributed by atoms with E-state index in [2.05, 4.69) is 41.4 Å². The van der Waals surface area contributed by atoms with Crippen LogP contribution >= 0.6 is 0 Å². The van der Waals surface area contributed by atoms with Gasteiger partial charge in [0.1, 0.15) is 5.75 Å². The molecule has 0 saturated carbocycles. The molecule has 3 aromatic rings. The highest BCUT2D eigenvalue weighted by molar-refractivity contribution is 5.94. The Bertz CT molecular complexity index is 1060. The Balaban J connectivity index is 1.51. The van der Waals surface area contributed by atoms with Gasteiger partial charge in [0.2, 0.25) is 23.5 Å². The van der Waals surface area contributed by atoms with Crippen molar-refractivity contribution in [2.45, 2.75) is 39.5 Å². The lowest BCUT2D eigenvalue weighted by Crippen LogP contribution is -2.38. The number of aromatic nitrogens is 2. The molecular formula is C25H30N4O4. The minimum absolute atomic E-state index is 0.0291. The number of rotatable bonds is 10. The standard InChI is InChI=1S/C25H30N4O4/c1-5-29(16-22(30)26-20-10-12-21(32-4)13-11-20)24(31)15-14-23-27-25(28-33-23)19-8-6-18(7-9-19)17(2)3/h6-13,17H,5,14-16H2,1-4H3,(H,26,30). The van der Waals surface area contributed by atoms with Gasteiger partial charge < -0.3 is 19.5 Å². The van der Waals surface area contributed by atoms with Crippen LogP contribution in [0.3, 0.4) is 0 Å². The van der Waals surface area contributed by atoms with Gasteiger partial charge in [0, 0.05) is 30.6 Å². The van der Waals surface area contributed by atoms with Crippen molar-refractivity contribution in [1.29, 1.82) is 0 Å². The fourth-order valence-electron chi connectivity index (χ4n) is 3.29. The van der Waals surface area contributed by atoms with E-state index in [-0.39, 0.29) is 24.8 Å². The lowest BCUT2D eigenvalue weighted by molar-refractivity contribution is -0.134. The van der Waals surface area contributed by atoms with Crippen molar-refractivity contribution in [3.8, 4) is 17.1 Å². The van der Waals surface area contributed by atoms with Crippen molar-refractivity contribution < 1.29 is 18.8 Å². The Kier molecular flexibility index (Phi) is 8.18. The molecule has 2 amide bonds. The number of benzene rings is 2. The number of nitrogens with zero attached hydrogens (tertiary/aromatic N) is 3. The SMILES string of the molecule is CCN(CC(=O)Nc1ccc(OC)cc1)C(=O)CCc1nc(-c2ccc(C(C)C)cc2)no1. The van der Waals surface area contributed by atoms with Crippen molar-refractivity contribution >= 4 is 17.5 Å². The van der Waals surface area contributed by atoms with Crippen LogP contribution in [0.5, 0.6) is 5.75 Å². The van der Waals surface area contributed by atoms with Gasteiger partial charge in [0.25, 0.3) is 0 Å². The molecule has 0 fully saturated rings. The van der Waals surface area contributed by atoms with E-state index in [1.54, 1.807) is 31.4 Å². The van der Waals surface area contributed by atoms with Gasteiger partial charge in [-0.25, -0.2) is 0 Å². The van der Waals surface area contributed by atoms with Crippen LogP contribution in [0.2, 0.25) is 0 Å². The Morgan fingerprint density at radius 1 is 1.09 bits per heavy atom. The molecule has 0 atom stereocenters. The second-order valence-electron chi connectivity index (χ2n) is 7.97. The highest BCUT2D eigenvalue weighted by Crippen LogP contribution is 2.21. The molecule has 174 valence electrons. The number of carbonyl (C=O) groups excluding carboxylic acids is 2. The summed E-state index contributed by atoms with van der Waals surface area (Å²) in [5.74, 6) is 1.63. The monoisotopic (exact) mass is 450 g/mol. The summed E-state index contributed by atoms with van der Waals surface area (Å²) in [6, 6.07) is 15.1. The van der Waals surface area contributed by atoms with Crippen LogP contribution < -0.4 is 10.1 Å². The summed E-state index contributed by atoms with van der Waals surface area (Å²) in [5, 5.41) is 6.82. The first-order valence-corrected chi connectivity index (χ1v) is 11.0. The maximum atomic E-state index is 12.6. The van der Waals surface area contributed by atoms with Gasteiger partial charge in [-0.2, -0.15) is 4.98 Å². The zero-order chi connectivity index (χ0) is 23.8. The number of amides is 2. The van der Waals surface area contributed by atoms with Gasteiger partial charge in [0.15, 0.2) is 0 Å². The van der Waals surface area contributed by atoms with Gasteiger partial charge >= 0.3 is 0 Å². The summed E-state index contributed by atoms with van der Waals surface area (Å²) in [7, 11) is 1.58. The molecule has 0 aliphatic heterocycles. The molecule has 8 nitrogen and oxygen atoms in total. The molecule has 0 radical (unpaired) electrons. The maximum absolute atomic E-state index is 12.6. The average Bonchev–Trinajstić information content (AvgIpc) is 3.30. The van der Waals surface area contributed by atoms with Crippen LogP contribution in [-0.4, -0.2) is 47.1 Å². The molecule has 0 saturated heterocycles. The number of likely N-dealkylation sites (N-methyl/N-ethyl adjacent to an activating group) is 1. The minimum atomic E-state index is -0.264. The third kappa shape index (κ3) is 6.65. The summed E-state index contributed by atoms with van der Waals surface area (Å²) < 4.78 is 10.4. The third-order valence-electron chi connectivity index (χ3n) is 5.30. The number of hydrogen-bond acceptors (Lipinski definition) is 6. The number of methoxy groups -OCH3 is 1. The van der Waals surface area contributed by atoms with Crippen molar-refractivity contribution in [3.05, 3.63) is 60.0 Å². The first-order valence-electron chi connectivity index (χ1n) is 11.0. The van der Waals surface area contributed by atoms with Crippen molar-refractivity contribution in [2.24, 2.45) is 0 Å². The molecule has 0 unspecified atom stereocenters. The number of ether oxygens (including phenoxy) is 1. The van der Waals surface area contributed by atoms with Crippen molar-refractivity contribution in [1.82, 2.24) is 15.0 Å². The minimum Gasteiger partial charge on any atom is -0.497 e. The summed E-state index contributed by atoms with van der Waals surface area (Å²) in [6.07, 6.45) is 0.490. The number of carbonyl (C=O) groups is 2. The highest BCUT2D eigenvalue weighted by Gasteiger charge is 2.18. The Morgan fingerprint density at radius 2 is 1.79 bits per heavy atom. The zero-order valence-corrected chi connectivity index (χ0v) is 19.5. The van der Waals surface area contributed by atoms with Crippen molar-refractivity contribution in [3.63, 3.8) is 0 Å². The molecule has 1 heterocycles. The molecule has 0 aliphatic rings. The molecular weight excluding hydrogens is 420 g/mol. The smallest absolute Gasteiger partial charge is 0.243 e. The number of anilines is 1. The Morgan fingerprint density at radius 3 is 2.39 bits per heavy atom. The largest absolute Gasteiger partial charge is 0.497 e. The normalized spacial score (nSPS) is 10.8. The van der Waals surface area contributed by atoms with E-state index >= 15 is 0 Å². The summed E-state index contributed by atoms with van der Waals surface area (Å²) in [6.45, 7) is 6.51. The van der Waals surface area contributed by atoms with Crippen LogP contribution in [0.4, 0.5) is 5.69 Å². The second-order valence-corrected chi connectivity index (χ2v) is 7.97. The molecule has 33 heavy (non-hydrogen) atoms. The Hall–Kier alpha value is -3.68. The number of nitrogens with one attached hydrogen (secondary N) is 1.